The molecule has 0 bridgehead atoms. The first-order chi connectivity index (χ1) is 10.3. The normalized spacial score (nSPS) is 34.8. The van der Waals surface area contributed by atoms with Crippen LogP contribution in [0.5, 0.6) is 0 Å². The largest absolute Gasteiger partial charge is 0.307 e. The average molecular weight is 286 g/mol. The maximum Gasteiger partial charge on any atom is 0.0450 e. The quantitative estimate of drug-likeness (QED) is 0.904. The van der Waals surface area contributed by atoms with Crippen molar-refractivity contribution < 1.29 is 0 Å². The molecule has 1 aromatic rings. The Morgan fingerprint density at radius 3 is 2.71 bits per heavy atom. The van der Waals surface area contributed by atoms with Crippen LogP contribution in [0.25, 0.3) is 0 Å². The molecule has 0 amide bonds. The Hall–Kier alpha value is -0.860. The molecule has 0 aromatic heterocycles. The SMILES string of the molecule is CCC1CNC(c2ccccc2)CN1C1CCCC(C)C1. The van der Waals surface area contributed by atoms with Crippen molar-refractivity contribution in [1.29, 1.82) is 0 Å². The molecule has 2 heteroatoms. The summed E-state index contributed by atoms with van der Waals surface area (Å²) in [4.78, 5) is 2.84. The molecule has 2 aliphatic rings. The first-order valence-electron chi connectivity index (χ1n) is 8.82. The van der Waals surface area contributed by atoms with Gasteiger partial charge in [-0.05, 0) is 30.7 Å². The summed E-state index contributed by atoms with van der Waals surface area (Å²) in [5.74, 6) is 0.909. The van der Waals surface area contributed by atoms with Gasteiger partial charge in [-0.25, -0.2) is 0 Å². The van der Waals surface area contributed by atoms with E-state index in [0.717, 1.165) is 24.5 Å². The molecular formula is C19H30N2. The second-order valence-corrected chi connectivity index (χ2v) is 7.06. The molecule has 21 heavy (non-hydrogen) atoms. The van der Waals surface area contributed by atoms with Crippen molar-refractivity contribution in [2.24, 2.45) is 5.92 Å². The molecular weight excluding hydrogens is 256 g/mol. The monoisotopic (exact) mass is 286 g/mol. The van der Waals surface area contributed by atoms with Crippen LogP contribution in [-0.4, -0.2) is 30.1 Å². The highest BCUT2D eigenvalue weighted by atomic mass is 15.3. The first kappa shape index (κ1) is 15.1. The average Bonchev–Trinajstić information content (AvgIpc) is 2.55. The molecule has 4 atom stereocenters. The van der Waals surface area contributed by atoms with Crippen LogP contribution in [0.4, 0.5) is 0 Å². The Morgan fingerprint density at radius 2 is 2.00 bits per heavy atom. The lowest BCUT2D eigenvalue weighted by molar-refractivity contribution is 0.0489. The Bertz CT molecular complexity index is 430. The van der Waals surface area contributed by atoms with Gasteiger partial charge in [0.2, 0.25) is 0 Å². The zero-order valence-electron chi connectivity index (χ0n) is 13.6. The molecule has 1 N–H and O–H groups in total. The second-order valence-electron chi connectivity index (χ2n) is 7.06. The maximum absolute atomic E-state index is 3.78. The zero-order chi connectivity index (χ0) is 14.7. The van der Waals surface area contributed by atoms with Crippen molar-refractivity contribution in [1.82, 2.24) is 10.2 Å². The molecule has 1 heterocycles. The summed E-state index contributed by atoms with van der Waals surface area (Å²) in [7, 11) is 0. The zero-order valence-corrected chi connectivity index (χ0v) is 13.6. The van der Waals surface area contributed by atoms with Gasteiger partial charge < -0.3 is 5.32 Å². The molecule has 1 aromatic carbocycles. The van der Waals surface area contributed by atoms with E-state index in [2.05, 4.69) is 54.4 Å². The molecule has 116 valence electrons. The van der Waals surface area contributed by atoms with Gasteiger partial charge in [0.15, 0.2) is 0 Å². The summed E-state index contributed by atoms with van der Waals surface area (Å²) in [6.07, 6.45) is 6.92. The highest BCUT2D eigenvalue weighted by molar-refractivity contribution is 5.20. The molecule has 1 saturated heterocycles. The fourth-order valence-electron chi connectivity index (χ4n) is 4.26. The van der Waals surface area contributed by atoms with Crippen LogP contribution in [-0.2, 0) is 0 Å². The van der Waals surface area contributed by atoms with E-state index in [0.29, 0.717) is 6.04 Å². The summed E-state index contributed by atoms with van der Waals surface area (Å²) in [6, 6.07) is 13.0. The van der Waals surface area contributed by atoms with Gasteiger partial charge in [-0.3, -0.25) is 4.90 Å². The predicted octanol–water partition coefficient (Wildman–Crippen LogP) is 3.99. The summed E-state index contributed by atoms with van der Waals surface area (Å²) in [5, 5.41) is 3.78. The first-order valence-corrected chi connectivity index (χ1v) is 8.82. The van der Waals surface area contributed by atoms with E-state index in [-0.39, 0.29) is 0 Å². The van der Waals surface area contributed by atoms with Gasteiger partial charge in [-0.1, -0.05) is 57.0 Å². The number of hydrogen-bond donors (Lipinski definition) is 1. The molecule has 1 aliphatic carbocycles. The third-order valence-electron chi connectivity index (χ3n) is 5.51. The number of benzene rings is 1. The number of rotatable bonds is 3. The van der Waals surface area contributed by atoms with E-state index in [9.17, 15) is 0 Å². The van der Waals surface area contributed by atoms with Crippen molar-refractivity contribution >= 4 is 0 Å². The van der Waals surface area contributed by atoms with Gasteiger partial charge >= 0.3 is 0 Å². The standard InChI is InChI=1S/C19H30N2/c1-3-17-13-20-19(16-9-5-4-6-10-16)14-21(17)18-11-7-8-15(2)12-18/h4-6,9-10,15,17-20H,3,7-8,11-14H2,1-2H3. The lowest BCUT2D eigenvalue weighted by Gasteiger charge is -2.46. The van der Waals surface area contributed by atoms with Gasteiger partial charge in [-0.15, -0.1) is 0 Å². The maximum atomic E-state index is 3.78. The summed E-state index contributed by atoms with van der Waals surface area (Å²) in [6.45, 7) is 7.10. The lowest BCUT2D eigenvalue weighted by atomic mass is 9.84. The van der Waals surface area contributed by atoms with Crippen LogP contribution in [0.1, 0.15) is 57.6 Å². The van der Waals surface area contributed by atoms with E-state index < -0.39 is 0 Å². The lowest BCUT2D eigenvalue weighted by Crippen LogP contribution is -2.56. The van der Waals surface area contributed by atoms with Gasteiger partial charge in [0, 0.05) is 31.2 Å². The van der Waals surface area contributed by atoms with E-state index in [1.807, 2.05) is 0 Å². The highest BCUT2D eigenvalue weighted by Gasteiger charge is 2.34. The number of nitrogens with one attached hydrogen (secondary N) is 1. The molecule has 4 unspecified atom stereocenters. The molecule has 1 aliphatic heterocycles. The van der Waals surface area contributed by atoms with E-state index in [1.54, 1.807) is 0 Å². The molecule has 1 saturated carbocycles. The third-order valence-corrected chi connectivity index (χ3v) is 5.51. The second kappa shape index (κ2) is 6.93. The Kier molecular flexibility index (Phi) is 4.97. The van der Waals surface area contributed by atoms with Crippen LogP contribution >= 0.6 is 0 Å². The summed E-state index contributed by atoms with van der Waals surface area (Å²) in [5.41, 5.74) is 1.45. The van der Waals surface area contributed by atoms with Gasteiger partial charge in [0.1, 0.15) is 0 Å². The molecule has 2 fully saturated rings. The third kappa shape index (κ3) is 3.49. The van der Waals surface area contributed by atoms with Crippen LogP contribution < -0.4 is 5.32 Å². The Labute approximate surface area is 129 Å². The van der Waals surface area contributed by atoms with Crippen molar-refractivity contribution in [3.63, 3.8) is 0 Å². The highest BCUT2D eigenvalue weighted by Crippen LogP contribution is 2.32. The fraction of sp³-hybridized carbons (Fsp3) is 0.684. The minimum atomic E-state index is 0.506. The molecule has 2 nitrogen and oxygen atoms in total. The topological polar surface area (TPSA) is 15.3 Å². The van der Waals surface area contributed by atoms with Gasteiger partial charge in [0.05, 0.1) is 0 Å². The minimum absolute atomic E-state index is 0.506. The van der Waals surface area contributed by atoms with Crippen LogP contribution in [0.3, 0.4) is 0 Å². The summed E-state index contributed by atoms with van der Waals surface area (Å²) >= 11 is 0. The van der Waals surface area contributed by atoms with Crippen molar-refractivity contribution in [2.75, 3.05) is 13.1 Å². The van der Waals surface area contributed by atoms with Crippen molar-refractivity contribution in [3.8, 4) is 0 Å². The molecule has 0 spiro atoms. The van der Waals surface area contributed by atoms with Crippen molar-refractivity contribution in [2.45, 2.75) is 64.1 Å². The minimum Gasteiger partial charge on any atom is -0.307 e. The molecule has 0 radical (unpaired) electrons. The van der Waals surface area contributed by atoms with Crippen LogP contribution in [0.2, 0.25) is 0 Å². The number of hydrogen-bond acceptors (Lipinski definition) is 2. The molecule has 3 rings (SSSR count). The number of piperazine rings is 1. The summed E-state index contributed by atoms with van der Waals surface area (Å²) < 4.78 is 0. The Morgan fingerprint density at radius 1 is 1.19 bits per heavy atom. The van der Waals surface area contributed by atoms with Gasteiger partial charge in [0.25, 0.3) is 0 Å². The van der Waals surface area contributed by atoms with E-state index >= 15 is 0 Å². The fourth-order valence-corrected chi connectivity index (χ4v) is 4.26. The van der Waals surface area contributed by atoms with Crippen LogP contribution in [0, 0.1) is 5.92 Å². The van der Waals surface area contributed by atoms with E-state index in [4.69, 9.17) is 0 Å². The number of nitrogens with zero attached hydrogens (tertiary/aromatic N) is 1. The smallest absolute Gasteiger partial charge is 0.0450 e. The van der Waals surface area contributed by atoms with Gasteiger partial charge in [-0.2, -0.15) is 0 Å². The Balaban J connectivity index is 1.72. The van der Waals surface area contributed by atoms with Crippen LogP contribution in [0.15, 0.2) is 30.3 Å². The predicted molar refractivity (Wildman–Crippen MR) is 89.4 cm³/mol. The van der Waals surface area contributed by atoms with E-state index in [1.165, 1.54) is 44.2 Å². The van der Waals surface area contributed by atoms with Crippen molar-refractivity contribution in [3.05, 3.63) is 35.9 Å².